The van der Waals surface area contributed by atoms with Crippen LogP contribution in [0.2, 0.25) is 0 Å². The number of rotatable bonds is 3. The molecule has 3 heterocycles. The smallest absolute Gasteiger partial charge is 0.341 e. The van der Waals surface area contributed by atoms with Crippen LogP contribution in [0.3, 0.4) is 0 Å². The molecule has 0 saturated heterocycles. The van der Waals surface area contributed by atoms with E-state index in [1.165, 1.54) is 6.20 Å². The fourth-order valence-electron chi connectivity index (χ4n) is 2.07. The highest BCUT2D eigenvalue weighted by atomic mass is 16.4. The van der Waals surface area contributed by atoms with Crippen molar-refractivity contribution in [1.29, 1.82) is 0 Å². The van der Waals surface area contributed by atoms with Crippen molar-refractivity contribution < 1.29 is 9.90 Å². The molecule has 0 unspecified atom stereocenters. The molecule has 0 aliphatic heterocycles. The molecule has 0 atom stereocenters. The normalized spacial score (nSPS) is 10.8. The number of fused-ring (bicyclic) bond motifs is 1. The molecule has 6 nitrogen and oxygen atoms in total. The van der Waals surface area contributed by atoms with Crippen molar-refractivity contribution in [1.82, 2.24) is 19.6 Å². The van der Waals surface area contributed by atoms with Crippen LogP contribution in [0.5, 0.6) is 0 Å². The summed E-state index contributed by atoms with van der Waals surface area (Å²) in [5.41, 5.74) is 2.69. The minimum Gasteiger partial charge on any atom is -0.477 e. The summed E-state index contributed by atoms with van der Waals surface area (Å²) in [6, 6.07) is 7.42. The SMILES string of the molecule is CCc1cc(-c2ccccn2)nc2c(C(=O)O)cnn12. The van der Waals surface area contributed by atoms with Crippen LogP contribution in [0.15, 0.2) is 36.7 Å². The Kier molecular flexibility index (Phi) is 2.90. The number of aryl methyl sites for hydroxylation is 1. The summed E-state index contributed by atoms with van der Waals surface area (Å²) in [5, 5.41) is 13.3. The first kappa shape index (κ1) is 12.3. The van der Waals surface area contributed by atoms with E-state index >= 15 is 0 Å². The first-order valence-corrected chi connectivity index (χ1v) is 6.23. The van der Waals surface area contributed by atoms with Crippen LogP contribution in [0.25, 0.3) is 17.0 Å². The van der Waals surface area contributed by atoms with Gasteiger partial charge in [0.1, 0.15) is 5.56 Å². The molecule has 0 spiro atoms. The second kappa shape index (κ2) is 4.73. The van der Waals surface area contributed by atoms with Crippen molar-refractivity contribution >= 4 is 11.6 Å². The van der Waals surface area contributed by atoms with E-state index in [9.17, 15) is 9.90 Å². The van der Waals surface area contributed by atoms with Crippen LogP contribution in [0.1, 0.15) is 23.0 Å². The predicted molar refractivity (Wildman–Crippen MR) is 72.6 cm³/mol. The molecule has 0 amide bonds. The molecule has 100 valence electrons. The second-order valence-corrected chi connectivity index (χ2v) is 4.30. The van der Waals surface area contributed by atoms with E-state index in [0.717, 1.165) is 12.1 Å². The first-order chi connectivity index (χ1) is 9.70. The lowest BCUT2D eigenvalue weighted by molar-refractivity contribution is 0.0699. The Morgan fingerprint density at radius 3 is 2.85 bits per heavy atom. The third kappa shape index (κ3) is 1.91. The first-order valence-electron chi connectivity index (χ1n) is 6.23. The van der Waals surface area contributed by atoms with Crippen molar-refractivity contribution in [2.75, 3.05) is 0 Å². The van der Waals surface area contributed by atoms with Crippen LogP contribution in [-0.4, -0.2) is 30.7 Å². The third-order valence-electron chi connectivity index (χ3n) is 3.07. The van der Waals surface area contributed by atoms with E-state index < -0.39 is 5.97 Å². The highest BCUT2D eigenvalue weighted by molar-refractivity contribution is 5.94. The number of carboxylic acids is 1. The Balaban J connectivity index is 2.30. The van der Waals surface area contributed by atoms with E-state index in [1.807, 2.05) is 31.2 Å². The summed E-state index contributed by atoms with van der Waals surface area (Å²) in [5.74, 6) is -1.03. The van der Waals surface area contributed by atoms with Gasteiger partial charge in [0.15, 0.2) is 5.65 Å². The molecule has 3 rings (SSSR count). The lowest BCUT2D eigenvalue weighted by Gasteiger charge is -2.06. The third-order valence-corrected chi connectivity index (χ3v) is 3.07. The fraction of sp³-hybridized carbons (Fsp3) is 0.143. The van der Waals surface area contributed by atoms with Crippen LogP contribution < -0.4 is 0 Å². The van der Waals surface area contributed by atoms with Gasteiger partial charge in [0.2, 0.25) is 0 Å². The maximum atomic E-state index is 11.2. The Morgan fingerprint density at radius 1 is 1.35 bits per heavy atom. The van der Waals surface area contributed by atoms with Gasteiger partial charge in [-0.3, -0.25) is 4.98 Å². The Hall–Kier alpha value is -2.76. The van der Waals surface area contributed by atoms with Gasteiger partial charge < -0.3 is 5.11 Å². The largest absolute Gasteiger partial charge is 0.477 e. The standard InChI is InChI=1S/C14H12N4O2/c1-2-9-7-12(11-5-3-4-6-15-11)17-13-10(14(19)20)8-16-18(9)13/h3-8H,2H2,1H3,(H,19,20). The Morgan fingerprint density at radius 2 is 2.20 bits per heavy atom. The number of hydrogen-bond donors (Lipinski definition) is 1. The van der Waals surface area contributed by atoms with Crippen LogP contribution in [0, 0.1) is 0 Å². The summed E-state index contributed by atoms with van der Waals surface area (Å²) < 4.78 is 1.57. The minimum absolute atomic E-state index is 0.0949. The van der Waals surface area contributed by atoms with Crippen molar-refractivity contribution in [2.24, 2.45) is 0 Å². The molecular formula is C14H12N4O2. The van der Waals surface area contributed by atoms with Crippen molar-refractivity contribution in [3.05, 3.63) is 47.9 Å². The topological polar surface area (TPSA) is 80.4 Å². The lowest BCUT2D eigenvalue weighted by atomic mass is 10.2. The lowest BCUT2D eigenvalue weighted by Crippen LogP contribution is -2.03. The molecule has 0 bridgehead atoms. The molecule has 20 heavy (non-hydrogen) atoms. The van der Waals surface area contributed by atoms with E-state index in [4.69, 9.17) is 0 Å². The summed E-state index contributed by atoms with van der Waals surface area (Å²) in [6.07, 6.45) is 3.73. The highest BCUT2D eigenvalue weighted by Crippen LogP contribution is 2.19. The zero-order valence-corrected chi connectivity index (χ0v) is 10.8. The number of aromatic carboxylic acids is 1. The van der Waals surface area contributed by atoms with E-state index in [0.29, 0.717) is 17.0 Å². The summed E-state index contributed by atoms with van der Waals surface area (Å²) in [4.78, 5) is 19.9. The monoisotopic (exact) mass is 268 g/mol. The minimum atomic E-state index is -1.03. The molecule has 0 radical (unpaired) electrons. The molecule has 0 aliphatic rings. The number of nitrogens with zero attached hydrogens (tertiary/aromatic N) is 4. The van der Waals surface area contributed by atoms with Crippen LogP contribution in [0.4, 0.5) is 0 Å². The zero-order chi connectivity index (χ0) is 14.1. The second-order valence-electron chi connectivity index (χ2n) is 4.30. The maximum Gasteiger partial charge on any atom is 0.341 e. The van der Waals surface area contributed by atoms with Gasteiger partial charge >= 0.3 is 5.97 Å². The maximum absolute atomic E-state index is 11.2. The van der Waals surface area contributed by atoms with Gasteiger partial charge in [-0.05, 0) is 24.6 Å². The molecule has 1 N–H and O–H groups in total. The van der Waals surface area contributed by atoms with E-state index in [2.05, 4.69) is 15.1 Å². The molecule has 0 aromatic carbocycles. The van der Waals surface area contributed by atoms with Gasteiger partial charge in [0.25, 0.3) is 0 Å². The van der Waals surface area contributed by atoms with Gasteiger partial charge in [0, 0.05) is 11.9 Å². The number of pyridine rings is 1. The van der Waals surface area contributed by atoms with Gasteiger partial charge in [-0.15, -0.1) is 0 Å². The molecule has 3 aromatic heterocycles. The number of hydrogen-bond acceptors (Lipinski definition) is 4. The quantitative estimate of drug-likeness (QED) is 0.786. The average molecular weight is 268 g/mol. The van der Waals surface area contributed by atoms with Crippen molar-refractivity contribution in [2.45, 2.75) is 13.3 Å². The van der Waals surface area contributed by atoms with Gasteiger partial charge in [-0.1, -0.05) is 13.0 Å². The molecular weight excluding hydrogens is 256 g/mol. The highest BCUT2D eigenvalue weighted by Gasteiger charge is 2.16. The fourth-order valence-corrected chi connectivity index (χ4v) is 2.07. The Labute approximate surface area is 114 Å². The molecule has 0 fully saturated rings. The summed E-state index contributed by atoms with van der Waals surface area (Å²) in [6.45, 7) is 1.99. The average Bonchev–Trinajstić information content (AvgIpc) is 2.91. The summed E-state index contributed by atoms with van der Waals surface area (Å²) >= 11 is 0. The zero-order valence-electron chi connectivity index (χ0n) is 10.8. The van der Waals surface area contributed by atoms with Gasteiger partial charge in [0.05, 0.1) is 17.6 Å². The number of aromatic nitrogens is 4. The molecule has 0 saturated carbocycles. The van der Waals surface area contributed by atoms with E-state index in [-0.39, 0.29) is 5.56 Å². The summed E-state index contributed by atoms with van der Waals surface area (Å²) in [7, 11) is 0. The molecule has 0 aliphatic carbocycles. The van der Waals surface area contributed by atoms with E-state index in [1.54, 1.807) is 10.7 Å². The Bertz CT molecular complexity index is 780. The van der Waals surface area contributed by atoms with Crippen molar-refractivity contribution in [3.8, 4) is 11.4 Å². The van der Waals surface area contributed by atoms with Crippen LogP contribution in [-0.2, 0) is 6.42 Å². The molecule has 3 aromatic rings. The molecule has 6 heteroatoms. The predicted octanol–water partition coefficient (Wildman–Crippen LogP) is 2.05. The van der Waals surface area contributed by atoms with Crippen LogP contribution >= 0.6 is 0 Å². The number of carboxylic acid groups (broad SMARTS) is 1. The number of carbonyl (C=O) groups is 1. The van der Waals surface area contributed by atoms with Gasteiger partial charge in [-0.2, -0.15) is 5.10 Å². The van der Waals surface area contributed by atoms with Gasteiger partial charge in [-0.25, -0.2) is 14.3 Å². The van der Waals surface area contributed by atoms with Crippen molar-refractivity contribution in [3.63, 3.8) is 0 Å².